The summed E-state index contributed by atoms with van der Waals surface area (Å²) in [5.41, 5.74) is 4.12. The topological polar surface area (TPSA) is 71.4 Å². The first kappa shape index (κ1) is 17.4. The van der Waals surface area contributed by atoms with E-state index in [4.69, 9.17) is 0 Å². The number of para-hydroxylation sites is 1. The molecule has 2 aromatic heterocycles. The lowest BCUT2D eigenvalue weighted by atomic mass is 10.1. The zero-order valence-corrected chi connectivity index (χ0v) is 15.6. The first-order chi connectivity index (χ1) is 13.4. The van der Waals surface area contributed by atoms with Crippen molar-refractivity contribution in [2.24, 2.45) is 0 Å². The normalized spacial score (nSPS) is 10.8. The highest BCUT2D eigenvalue weighted by Crippen LogP contribution is 2.32. The fourth-order valence-corrected chi connectivity index (χ4v) is 3.72. The Kier molecular flexibility index (Phi) is 5.50. The van der Waals surface area contributed by atoms with Crippen LogP contribution in [-0.4, -0.2) is 37.3 Å². The summed E-state index contributed by atoms with van der Waals surface area (Å²) in [5.74, 6) is 0.959. The van der Waals surface area contributed by atoms with Crippen LogP contribution >= 0.6 is 11.8 Å². The third kappa shape index (κ3) is 4.20. The van der Waals surface area contributed by atoms with Crippen LogP contribution in [0.25, 0.3) is 16.9 Å². The smallest absolute Gasteiger partial charge is 0.144 e. The summed E-state index contributed by atoms with van der Waals surface area (Å²) in [6, 6.07) is 20.4. The summed E-state index contributed by atoms with van der Waals surface area (Å²) < 4.78 is 1.77. The molecule has 2 heterocycles. The number of nitrogens with zero attached hydrogens (tertiary/aromatic N) is 4. The minimum absolute atomic E-state index is 0.922. The van der Waals surface area contributed by atoms with E-state index in [1.165, 1.54) is 0 Å². The molecular formula is C20H20N6S. The average Bonchev–Trinajstić information content (AvgIpc) is 3.39. The third-order valence-electron chi connectivity index (χ3n) is 4.08. The predicted octanol–water partition coefficient (Wildman–Crippen LogP) is 4.25. The van der Waals surface area contributed by atoms with E-state index in [2.05, 4.69) is 49.9 Å². The number of H-pyrrole nitrogens is 1. The van der Waals surface area contributed by atoms with Crippen molar-refractivity contribution in [2.75, 3.05) is 17.6 Å². The van der Waals surface area contributed by atoms with Gasteiger partial charge in [0.05, 0.1) is 5.69 Å². The van der Waals surface area contributed by atoms with Crippen LogP contribution in [0.2, 0.25) is 0 Å². The quantitative estimate of drug-likeness (QED) is 0.355. The summed E-state index contributed by atoms with van der Waals surface area (Å²) in [7, 11) is 0. The van der Waals surface area contributed by atoms with Crippen molar-refractivity contribution in [1.82, 2.24) is 25.0 Å². The molecule has 4 rings (SSSR count). The van der Waals surface area contributed by atoms with Crippen molar-refractivity contribution in [3.05, 3.63) is 73.3 Å². The van der Waals surface area contributed by atoms with Crippen molar-refractivity contribution in [3.8, 4) is 16.9 Å². The van der Waals surface area contributed by atoms with Gasteiger partial charge in [-0.25, -0.2) is 9.67 Å². The second-order valence-corrected chi connectivity index (χ2v) is 7.04. The second kappa shape index (κ2) is 8.55. The molecule has 6 nitrogen and oxygen atoms in total. The fraction of sp³-hybridized carbons (Fsp3) is 0.150. The summed E-state index contributed by atoms with van der Waals surface area (Å²) in [6.07, 6.45) is 4.28. The summed E-state index contributed by atoms with van der Waals surface area (Å²) >= 11 is 1.72. The van der Waals surface area contributed by atoms with Crippen LogP contribution in [0.4, 0.5) is 5.69 Å². The fourth-order valence-electron chi connectivity index (χ4n) is 2.79. The summed E-state index contributed by atoms with van der Waals surface area (Å²) in [5, 5.41) is 16.4. The summed E-state index contributed by atoms with van der Waals surface area (Å²) in [6.45, 7) is 0.922. The van der Waals surface area contributed by atoms with Gasteiger partial charge in [-0.15, -0.1) is 11.8 Å². The molecule has 27 heavy (non-hydrogen) atoms. The van der Waals surface area contributed by atoms with Gasteiger partial charge in [0.1, 0.15) is 23.4 Å². The zero-order valence-electron chi connectivity index (χ0n) is 14.7. The van der Waals surface area contributed by atoms with E-state index in [0.717, 1.165) is 46.4 Å². The lowest BCUT2D eigenvalue weighted by Crippen LogP contribution is -2.02. The Morgan fingerprint density at radius 3 is 2.52 bits per heavy atom. The molecule has 0 fully saturated rings. The van der Waals surface area contributed by atoms with Crippen molar-refractivity contribution < 1.29 is 0 Å². The number of aromatic nitrogens is 5. The third-order valence-corrected chi connectivity index (χ3v) is 5.13. The van der Waals surface area contributed by atoms with Gasteiger partial charge >= 0.3 is 0 Å². The van der Waals surface area contributed by atoms with Crippen LogP contribution in [0.5, 0.6) is 0 Å². The Morgan fingerprint density at radius 2 is 1.78 bits per heavy atom. The highest BCUT2D eigenvalue weighted by atomic mass is 32.2. The highest BCUT2D eigenvalue weighted by Gasteiger charge is 2.17. The molecule has 0 saturated heterocycles. The monoisotopic (exact) mass is 376 g/mol. The van der Waals surface area contributed by atoms with Gasteiger partial charge in [0, 0.05) is 23.5 Å². The van der Waals surface area contributed by atoms with Gasteiger partial charge in [0.15, 0.2) is 0 Å². The number of benzene rings is 2. The molecule has 2 N–H and O–H groups in total. The van der Waals surface area contributed by atoms with Crippen molar-refractivity contribution >= 4 is 17.4 Å². The van der Waals surface area contributed by atoms with Crippen molar-refractivity contribution in [1.29, 1.82) is 0 Å². The van der Waals surface area contributed by atoms with Crippen LogP contribution in [0.15, 0.2) is 78.3 Å². The van der Waals surface area contributed by atoms with Gasteiger partial charge in [-0.05, 0) is 18.6 Å². The molecule has 0 radical (unpaired) electrons. The number of hydrogen-bond acceptors (Lipinski definition) is 5. The molecule has 136 valence electrons. The number of anilines is 1. The molecule has 0 bridgehead atoms. The average molecular weight is 376 g/mol. The maximum Gasteiger partial charge on any atom is 0.144 e. The minimum Gasteiger partial charge on any atom is -0.385 e. The number of nitrogens with one attached hydrogen (secondary N) is 2. The van der Waals surface area contributed by atoms with Gasteiger partial charge < -0.3 is 5.32 Å². The Labute approximate surface area is 162 Å². The van der Waals surface area contributed by atoms with E-state index in [9.17, 15) is 0 Å². The maximum atomic E-state index is 4.53. The number of rotatable bonds is 8. The van der Waals surface area contributed by atoms with Crippen LogP contribution in [-0.2, 0) is 0 Å². The summed E-state index contributed by atoms with van der Waals surface area (Å²) in [4.78, 5) is 4.09. The van der Waals surface area contributed by atoms with E-state index in [1.807, 2.05) is 36.4 Å². The van der Waals surface area contributed by atoms with E-state index in [0.29, 0.717) is 0 Å². The molecule has 0 amide bonds. The van der Waals surface area contributed by atoms with Gasteiger partial charge in [0.25, 0.3) is 0 Å². The van der Waals surface area contributed by atoms with E-state index < -0.39 is 0 Å². The maximum absolute atomic E-state index is 4.53. The Hall–Kier alpha value is -3.06. The Morgan fingerprint density at radius 1 is 1.00 bits per heavy atom. The first-order valence-electron chi connectivity index (χ1n) is 8.82. The molecular weight excluding hydrogens is 356 g/mol. The van der Waals surface area contributed by atoms with Crippen LogP contribution in [0.3, 0.4) is 0 Å². The minimum atomic E-state index is 0.922. The van der Waals surface area contributed by atoms with Crippen molar-refractivity contribution in [3.63, 3.8) is 0 Å². The van der Waals surface area contributed by atoms with Gasteiger partial charge in [-0.1, -0.05) is 48.5 Å². The molecule has 7 heteroatoms. The van der Waals surface area contributed by atoms with E-state index in [-0.39, 0.29) is 0 Å². The van der Waals surface area contributed by atoms with Crippen molar-refractivity contribution in [2.45, 2.75) is 11.4 Å². The van der Waals surface area contributed by atoms with Gasteiger partial charge in [-0.2, -0.15) is 10.2 Å². The molecule has 0 aliphatic heterocycles. The van der Waals surface area contributed by atoms with Crippen LogP contribution in [0.1, 0.15) is 6.42 Å². The lowest BCUT2D eigenvalue weighted by molar-refractivity contribution is 0.855. The van der Waals surface area contributed by atoms with Gasteiger partial charge in [-0.3, -0.25) is 5.10 Å². The molecule has 0 saturated carbocycles. The van der Waals surface area contributed by atoms with E-state index >= 15 is 0 Å². The molecule has 0 aliphatic rings. The Balaban J connectivity index is 1.44. The van der Waals surface area contributed by atoms with Crippen LogP contribution in [0, 0.1) is 0 Å². The highest BCUT2D eigenvalue weighted by molar-refractivity contribution is 7.99. The molecule has 2 aromatic carbocycles. The van der Waals surface area contributed by atoms with Gasteiger partial charge in [0.2, 0.25) is 0 Å². The van der Waals surface area contributed by atoms with Crippen LogP contribution < -0.4 is 5.32 Å². The zero-order chi connectivity index (χ0) is 18.3. The molecule has 4 aromatic rings. The second-order valence-electron chi connectivity index (χ2n) is 5.95. The van der Waals surface area contributed by atoms with E-state index in [1.54, 1.807) is 29.1 Å². The molecule has 0 atom stereocenters. The largest absolute Gasteiger partial charge is 0.385 e. The Bertz CT molecular complexity index is 951. The molecule has 0 unspecified atom stereocenters. The number of hydrogen-bond donors (Lipinski definition) is 2. The number of aromatic amines is 1. The first-order valence-corrected chi connectivity index (χ1v) is 9.81. The standard InChI is InChI=1S/C20H20N6S/c1-3-8-16(9-4-1)18-19(26-15-21-14-23-26)20(25-24-18)27-13-7-12-22-17-10-5-2-6-11-17/h1-6,8-11,14-15,22H,7,12-13H2,(H,24,25). The number of thioether (sulfide) groups is 1. The lowest BCUT2D eigenvalue weighted by Gasteiger charge is -2.07. The SMILES string of the molecule is c1ccc(NCCCSc2n[nH]c(-c3ccccc3)c2-n2cncn2)cc1. The predicted molar refractivity (Wildman–Crippen MR) is 109 cm³/mol. The molecule has 0 spiro atoms. The molecule has 0 aliphatic carbocycles.